The molecule has 0 bridgehead atoms. The minimum absolute atomic E-state index is 0.323. The second-order valence-corrected chi connectivity index (χ2v) is 3.31. The van der Waals surface area contributed by atoms with E-state index >= 15 is 0 Å². The van der Waals surface area contributed by atoms with Crippen LogP contribution in [0.4, 0.5) is 5.69 Å². The van der Waals surface area contributed by atoms with Crippen LogP contribution < -0.4 is 0 Å². The van der Waals surface area contributed by atoms with Crippen LogP contribution >= 0.6 is 0 Å². The highest BCUT2D eigenvalue weighted by molar-refractivity contribution is 5.51. The van der Waals surface area contributed by atoms with Crippen molar-refractivity contribution in [2.45, 2.75) is 26.3 Å². The summed E-state index contributed by atoms with van der Waals surface area (Å²) in [5, 5.41) is 0. The summed E-state index contributed by atoms with van der Waals surface area (Å²) in [7, 11) is 0. The summed E-state index contributed by atoms with van der Waals surface area (Å²) in [5.41, 5.74) is 2.60. The molecule has 0 aliphatic carbocycles. The van der Waals surface area contributed by atoms with E-state index in [0.29, 0.717) is 12.2 Å². The normalized spacial score (nSPS) is 9.06. The molecule has 0 unspecified atom stereocenters. The molecule has 0 spiro atoms. The fraction of sp³-hybridized carbons (Fsp3) is 0.333. The minimum Gasteiger partial charge on any atom is -0.211 e. The Balaban J connectivity index is 3.07. The first kappa shape index (κ1) is 12.1. The van der Waals surface area contributed by atoms with Crippen LogP contribution in [-0.4, -0.2) is 12.2 Å². The number of hydrogen-bond acceptors (Lipinski definition) is 4. The predicted molar refractivity (Wildman–Crippen MR) is 60.0 cm³/mol. The van der Waals surface area contributed by atoms with Crippen LogP contribution in [0.2, 0.25) is 0 Å². The van der Waals surface area contributed by atoms with Gasteiger partial charge in [0.1, 0.15) is 0 Å². The Kier molecular flexibility index (Phi) is 4.87. The summed E-state index contributed by atoms with van der Waals surface area (Å²) in [6, 6.07) is 5.35. The van der Waals surface area contributed by atoms with E-state index in [0.717, 1.165) is 24.0 Å². The third-order valence-electron chi connectivity index (χ3n) is 2.20. The Bertz CT molecular complexity index is 456. The van der Waals surface area contributed by atoms with E-state index in [1.54, 1.807) is 6.07 Å². The second-order valence-electron chi connectivity index (χ2n) is 3.31. The molecule has 0 aliphatic heterocycles. The van der Waals surface area contributed by atoms with Gasteiger partial charge in [-0.3, -0.25) is 0 Å². The quantitative estimate of drug-likeness (QED) is 0.560. The van der Waals surface area contributed by atoms with E-state index in [4.69, 9.17) is 0 Å². The van der Waals surface area contributed by atoms with Crippen molar-refractivity contribution in [3.63, 3.8) is 0 Å². The predicted octanol–water partition coefficient (Wildman–Crippen LogP) is 2.44. The molecule has 4 heteroatoms. The molecule has 1 rings (SSSR count). The van der Waals surface area contributed by atoms with Gasteiger partial charge in [-0.25, -0.2) is 14.6 Å². The lowest BCUT2D eigenvalue weighted by Crippen LogP contribution is -1.92. The summed E-state index contributed by atoms with van der Waals surface area (Å²) in [5.74, 6) is 0. The van der Waals surface area contributed by atoms with Crippen LogP contribution in [0.15, 0.2) is 28.2 Å². The van der Waals surface area contributed by atoms with Crippen LogP contribution in [0.1, 0.15) is 24.5 Å². The topological polar surface area (TPSA) is 58.9 Å². The van der Waals surface area contributed by atoms with Crippen molar-refractivity contribution >= 4 is 17.8 Å². The molecule has 82 valence electrons. The van der Waals surface area contributed by atoms with Crippen LogP contribution in [0, 0.1) is 0 Å². The van der Waals surface area contributed by atoms with Gasteiger partial charge in [0.15, 0.2) is 0 Å². The highest BCUT2D eigenvalue weighted by atomic mass is 16.1. The lowest BCUT2D eigenvalue weighted by molar-refractivity contribution is 0.562. The standard InChI is InChI=1S/C12H12N2O2/c1-2-3-10-6-12(14-9-16)5-4-11(10)7-13-8-15/h4-6H,2-3,7H2,1H3. The van der Waals surface area contributed by atoms with Gasteiger partial charge < -0.3 is 0 Å². The first-order valence-corrected chi connectivity index (χ1v) is 5.05. The minimum atomic E-state index is 0.323. The SMILES string of the molecule is CCCc1cc(N=C=O)ccc1CN=C=O. The molecule has 0 fully saturated rings. The molecule has 1 aromatic carbocycles. The van der Waals surface area contributed by atoms with Crippen LogP contribution in [0.25, 0.3) is 0 Å². The van der Waals surface area contributed by atoms with Crippen molar-refractivity contribution < 1.29 is 9.59 Å². The number of isocyanates is 2. The average Bonchev–Trinajstić information content (AvgIpc) is 2.29. The smallest absolute Gasteiger partial charge is 0.211 e. The lowest BCUT2D eigenvalue weighted by atomic mass is 10.0. The Morgan fingerprint density at radius 2 is 2.00 bits per heavy atom. The van der Waals surface area contributed by atoms with Gasteiger partial charge in [-0.1, -0.05) is 19.4 Å². The summed E-state index contributed by atoms with van der Waals surface area (Å²) in [6.07, 6.45) is 4.86. The van der Waals surface area contributed by atoms with Crippen LogP contribution in [0.3, 0.4) is 0 Å². The molecule has 0 saturated carbocycles. The summed E-state index contributed by atoms with van der Waals surface area (Å²) < 4.78 is 0. The van der Waals surface area contributed by atoms with E-state index in [1.165, 1.54) is 12.2 Å². The molecule has 16 heavy (non-hydrogen) atoms. The number of nitrogens with zero attached hydrogens (tertiary/aromatic N) is 2. The van der Waals surface area contributed by atoms with E-state index in [9.17, 15) is 9.59 Å². The van der Waals surface area contributed by atoms with Gasteiger partial charge in [-0.2, -0.15) is 4.99 Å². The van der Waals surface area contributed by atoms with Crippen molar-refractivity contribution in [2.24, 2.45) is 9.98 Å². The van der Waals surface area contributed by atoms with Crippen molar-refractivity contribution in [3.05, 3.63) is 29.3 Å². The van der Waals surface area contributed by atoms with Gasteiger partial charge in [-0.15, -0.1) is 0 Å². The second kappa shape index (κ2) is 6.46. The maximum Gasteiger partial charge on any atom is 0.240 e. The third kappa shape index (κ3) is 3.28. The molecule has 0 heterocycles. The third-order valence-corrected chi connectivity index (χ3v) is 2.20. The molecule has 4 nitrogen and oxygen atoms in total. The molecular formula is C12H12N2O2. The molecule has 0 radical (unpaired) electrons. The van der Waals surface area contributed by atoms with Gasteiger partial charge in [0.25, 0.3) is 0 Å². The summed E-state index contributed by atoms with van der Waals surface area (Å²) in [6.45, 7) is 2.38. The average molecular weight is 216 g/mol. The Morgan fingerprint density at radius 3 is 2.62 bits per heavy atom. The Hall–Kier alpha value is -2.02. The number of benzene rings is 1. The largest absolute Gasteiger partial charge is 0.240 e. The van der Waals surface area contributed by atoms with Crippen molar-refractivity contribution in [1.82, 2.24) is 0 Å². The van der Waals surface area contributed by atoms with Crippen molar-refractivity contribution in [1.29, 1.82) is 0 Å². The zero-order valence-corrected chi connectivity index (χ0v) is 9.06. The zero-order chi connectivity index (χ0) is 11.8. The maximum atomic E-state index is 10.1. The van der Waals surface area contributed by atoms with E-state index in [-0.39, 0.29) is 0 Å². The van der Waals surface area contributed by atoms with Gasteiger partial charge in [0, 0.05) is 0 Å². The van der Waals surface area contributed by atoms with Gasteiger partial charge in [-0.05, 0) is 29.7 Å². The van der Waals surface area contributed by atoms with Crippen LogP contribution in [0.5, 0.6) is 0 Å². The van der Waals surface area contributed by atoms with Crippen molar-refractivity contribution in [3.8, 4) is 0 Å². The number of aliphatic imine (C=N–C) groups is 2. The highest BCUT2D eigenvalue weighted by Crippen LogP contribution is 2.20. The molecular weight excluding hydrogens is 204 g/mol. The zero-order valence-electron chi connectivity index (χ0n) is 9.06. The molecule has 1 aromatic rings. The number of carbonyl (C=O) groups excluding carboxylic acids is 2. The van der Waals surface area contributed by atoms with Crippen LogP contribution in [-0.2, 0) is 22.6 Å². The summed E-state index contributed by atoms with van der Waals surface area (Å²) >= 11 is 0. The molecule has 0 aliphatic rings. The molecule has 0 atom stereocenters. The molecule has 0 aromatic heterocycles. The van der Waals surface area contributed by atoms with E-state index < -0.39 is 0 Å². The van der Waals surface area contributed by atoms with E-state index in [1.807, 2.05) is 12.1 Å². The van der Waals surface area contributed by atoms with Gasteiger partial charge in [0.2, 0.25) is 12.2 Å². The lowest BCUT2D eigenvalue weighted by Gasteiger charge is -2.06. The van der Waals surface area contributed by atoms with Gasteiger partial charge in [0.05, 0.1) is 12.2 Å². The summed E-state index contributed by atoms with van der Waals surface area (Å²) in [4.78, 5) is 27.3. The first-order valence-electron chi connectivity index (χ1n) is 5.05. The van der Waals surface area contributed by atoms with Gasteiger partial charge >= 0.3 is 0 Å². The maximum absolute atomic E-state index is 10.1. The van der Waals surface area contributed by atoms with Crippen molar-refractivity contribution in [2.75, 3.05) is 0 Å². The van der Waals surface area contributed by atoms with E-state index in [2.05, 4.69) is 16.9 Å². The molecule has 0 amide bonds. The fourth-order valence-electron chi connectivity index (χ4n) is 1.51. The molecule has 0 N–H and O–H groups in total. The molecule has 0 saturated heterocycles. The number of aryl methyl sites for hydroxylation is 1. The Labute approximate surface area is 93.7 Å². The fourth-order valence-corrected chi connectivity index (χ4v) is 1.51. The first-order chi connectivity index (χ1) is 7.81. The highest BCUT2D eigenvalue weighted by Gasteiger charge is 2.02. The Morgan fingerprint density at radius 1 is 1.19 bits per heavy atom. The number of hydrogen-bond donors (Lipinski definition) is 0. The number of rotatable bonds is 5. The monoisotopic (exact) mass is 216 g/mol.